The van der Waals surface area contributed by atoms with Gasteiger partial charge in [-0.15, -0.1) is 0 Å². The molecule has 0 atom stereocenters. The minimum Gasteiger partial charge on any atom is -0.493 e. The maximum Gasteiger partial charge on any atom is 0.127 e. The molecule has 0 aliphatic rings. The zero-order valence-electron chi connectivity index (χ0n) is 11.9. The van der Waals surface area contributed by atoms with Crippen LogP contribution in [-0.4, -0.2) is 13.7 Å². The minimum absolute atomic E-state index is 0.217. The second-order valence-corrected chi connectivity index (χ2v) is 4.68. The molecule has 0 aromatic heterocycles. The number of rotatable bonds is 6. The van der Waals surface area contributed by atoms with Crippen molar-refractivity contribution in [2.75, 3.05) is 13.7 Å². The van der Waals surface area contributed by atoms with Crippen LogP contribution < -0.4 is 10.1 Å². The lowest BCUT2D eigenvalue weighted by atomic mass is 9.98. The number of hydrogen-bond acceptors (Lipinski definition) is 2. The molecule has 0 saturated carbocycles. The second kappa shape index (κ2) is 7.06. The Morgan fingerprint density at radius 3 is 2.65 bits per heavy atom. The molecular weight excluding hydrogens is 253 g/mol. The average molecular weight is 273 g/mol. The molecular formula is C17H20FNO. The van der Waals surface area contributed by atoms with Gasteiger partial charge in [0.25, 0.3) is 0 Å². The Balaban J connectivity index is 2.45. The van der Waals surface area contributed by atoms with Crippen LogP contribution in [0.2, 0.25) is 0 Å². The van der Waals surface area contributed by atoms with Crippen molar-refractivity contribution < 1.29 is 9.13 Å². The van der Waals surface area contributed by atoms with Crippen LogP contribution in [0.3, 0.4) is 0 Å². The van der Waals surface area contributed by atoms with Crippen molar-refractivity contribution in [3.05, 3.63) is 53.8 Å². The molecule has 106 valence electrons. The molecule has 0 saturated heterocycles. The lowest BCUT2D eigenvalue weighted by molar-refractivity contribution is 0.318. The van der Waals surface area contributed by atoms with Gasteiger partial charge in [-0.05, 0) is 42.8 Å². The molecule has 0 amide bonds. The van der Waals surface area contributed by atoms with E-state index >= 15 is 0 Å². The first kappa shape index (κ1) is 14.5. The van der Waals surface area contributed by atoms with Crippen molar-refractivity contribution in [1.29, 1.82) is 0 Å². The Morgan fingerprint density at radius 2 is 1.90 bits per heavy atom. The van der Waals surface area contributed by atoms with E-state index in [1.165, 1.54) is 6.07 Å². The van der Waals surface area contributed by atoms with E-state index in [-0.39, 0.29) is 5.82 Å². The molecule has 2 rings (SSSR count). The highest BCUT2D eigenvalue weighted by Gasteiger charge is 2.10. The van der Waals surface area contributed by atoms with Crippen molar-refractivity contribution >= 4 is 0 Å². The highest BCUT2D eigenvalue weighted by atomic mass is 19.1. The summed E-state index contributed by atoms with van der Waals surface area (Å²) in [6.07, 6.45) is 0.959. The Labute approximate surface area is 119 Å². The first-order chi connectivity index (χ1) is 9.76. The summed E-state index contributed by atoms with van der Waals surface area (Å²) in [5.41, 5.74) is 2.94. The van der Waals surface area contributed by atoms with Crippen LogP contribution in [0.25, 0.3) is 11.1 Å². The molecule has 20 heavy (non-hydrogen) atoms. The van der Waals surface area contributed by atoms with Crippen LogP contribution in [0.5, 0.6) is 5.75 Å². The van der Waals surface area contributed by atoms with Crippen LogP contribution in [-0.2, 0) is 6.54 Å². The summed E-state index contributed by atoms with van der Waals surface area (Å²) in [5, 5.41) is 3.08. The number of hydrogen-bond donors (Lipinski definition) is 1. The fraction of sp³-hybridized carbons (Fsp3) is 0.294. The smallest absolute Gasteiger partial charge is 0.127 e. The predicted octanol–water partition coefficient (Wildman–Crippen LogP) is 4.00. The van der Waals surface area contributed by atoms with Gasteiger partial charge in [-0.1, -0.05) is 31.2 Å². The summed E-state index contributed by atoms with van der Waals surface area (Å²) >= 11 is 0. The second-order valence-electron chi connectivity index (χ2n) is 4.68. The molecule has 0 unspecified atom stereocenters. The molecule has 2 aromatic rings. The Morgan fingerprint density at radius 1 is 1.10 bits per heavy atom. The molecule has 0 heterocycles. The van der Waals surface area contributed by atoms with Crippen molar-refractivity contribution in [2.24, 2.45) is 0 Å². The molecule has 0 bridgehead atoms. The number of benzene rings is 2. The topological polar surface area (TPSA) is 21.3 Å². The van der Waals surface area contributed by atoms with Gasteiger partial charge in [0.1, 0.15) is 11.6 Å². The Hall–Kier alpha value is -1.87. The van der Waals surface area contributed by atoms with E-state index in [2.05, 4.69) is 12.2 Å². The van der Waals surface area contributed by atoms with E-state index < -0.39 is 0 Å². The van der Waals surface area contributed by atoms with Gasteiger partial charge in [0, 0.05) is 12.1 Å². The summed E-state index contributed by atoms with van der Waals surface area (Å²) in [6, 6.07) is 12.8. The number of ether oxygens (including phenoxy) is 1. The molecule has 2 nitrogen and oxygen atoms in total. The first-order valence-corrected chi connectivity index (χ1v) is 6.91. The number of halogens is 1. The SMILES string of the molecule is CCCOc1ccccc1-c1ccc(F)cc1CNC. The molecule has 0 fully saturated rings. The zero-order valence-corrected chi connectivity index (χ0v) is 11.9. The Kier molecular flexibility index (Phi) is 5.13. The number of nitrogens with one attached hydrogen (secondary N) is 1. The third-order valence-electron chi connectivity index (χ3n) is 3.07. The van der Waals surface area contributed by atoms with Crippen LogP contribution in [0.15, 0.2) is 42.5 Å². The van der Waals surface area contributed by atoms with Crippen molar-refractivity contribution in [2.45, 2.75) is 19.9 Å². The van der Waals surface area contributed by atoms with E-state index in [4.69, 9.17) is 4.74 Å². The molecule has 0 radical (unpaired) electrons. The van der Waals surface area contributed by atoms with E-state index in [9.17, 15) is 4.39 Å². The molecule has 3 heteroatoms. The standard InChI is InChI=1S/C17H20FNO/c1-3-10-20-17-7-5-4-6-16(17)15-9-8-14(18)11-13(15)12-19-2/h4-9,11,19H,3,10,12H2,1-2H3. The highest BCUT2D eigenvalue weighted by Crippen LogP contribution is 2.32. The van der Waals surface area contributed by atoms with Gasteiger partial charge in [-0.2, -0.15) is 0 Å². The van der Waals surface area contributed by atoms with E-state index in [1.807, 2.05) is 37.4 Å². The van der Waals surface area contributed by atoms with E-state index in [0.29, 0.717) is 13.2 Å². The highest BCUT2D eigenvalue weighted by molar-refractivity contribution is 5.73. The molecule has 0 aliphatic carbocycles. The van der Waals surface area contributed by atoms with Crippen LogP contribution >= 0.6 is 0 Å². The maximum absolute atomic E-state index is 13.4. The maximum atomic E-state index is 13.4. The lowest BCUT2D eigenvalue weighted by Gasteiger charge is -2.14. The summed E-state index contributed by atoms with van der Waals surface area (Å²) < 4.78 is 19.2. The largest absolute Gasteiger partial charge is 0.493 e. The summed E-state index contributed by atoms with van der Waals surface area (Å²) in [5.74, 6) is 0.629. The van der Waals surface area contributed by atoms with E-state index in [1.54, 1.807) is 6.07 Å². The van der Waals surface area contributed by atoms with Crippen molar-refractivity contribution in [3.63, 3.8) is 0 Å². The molecule has 0 aliphatic heterocycles. The van der Waals surface area contributed by atoms with Gasteiger partial charge in [0.05, 0.1) is 6.61 Å². The van der Waals surface area contributed by atoms with Gasteiger partial charge in [0.15, 0.2) is 0 Å². The zero-order chi connectivity index (χ0) is 14.4. The van der Waals surface area contributed by atoms with Crippen molar-refractivity contribution in [1.82, 2.24) is 5.32 Å². The molecule has 2 aromatic carbocycles. The third-order valence-corrected chi connectivity index (χ3v) is 3.07. The summed E-state index contributed by atoms with van der Waals surface area (Å²) in [7, 11) is 1.86. The average Bonchev–Trinajstić information content (AvgIpc) is 2.46. The van der Waals surface area contributed by atoms with Crippen LogP contribution in [0, 0.1) is 5.82 Å². The third kappa shape index (κ3) is 3.36. The van der Waals surface area contributed by atoms with Gasteiger partial charge < -0.3 is 10.1 Å². The van der Waals surface area contributed by atoms with Crippen molar-refractivity contribution in [3.8, 4) is 16.9 Å². The molecule has 0 spiro atoms. The Bertz CT molecular complexity index is 569. The fourth-order valence-corrected chi connectivity index (χ4v) is 2.19. The number of para-hydroxylation sites is 1. The van der Waals surface area contributed by atoms with Gasteiger partial charge in [-0.25, -0.2) is 4.39 Å². The summed E-state index contributed by atoms with van der Waals surface area (Å²) in [6.45, 7) is 3.38. The van der Waals surface area contributed by atoms with Gasteiger partial charge in [-0.3, -0.25) is 0 Å². The van der Waals surface area contributed by atoms with Gasteiger partial charge in [0.2, 0.25) is 0 Å². The predicted molar refractivity (Wildman–Crippen MR) is 80.4 cm³/mol. The monoisotopic (exact) mass is 273 g/mol. The lowest BCUT2D eigenvalue weighted by Crippen LogP contribution is -2.07. The summed E-state index contributed by atoms with van der Waals surface area (Å²) in [4.78, 5) is 0. The quantitative estimate of drug-likeness (QED) is 0.859. The van der Waals surface area contributed by atoms with E-state index in [0.717, 1.165) is 28.9 Å². The van der Waals surface area contributed by atoms with Crippen LogP contribution in [0.1, 0.15) is 18.9 Å². The first-order valence-electron chi connectivity index (χ1n) is 6.91. The molecule has 1 N–H and O–H groups in total. The fourth-order valence-electron chi connectivity index (χ4n) is 2.19. The minimum atomic E-state index is -0.217. The van der Waals surface area contributed by atoms with Crippen LogP contribution in [0.4, 0.5) is 4.39 Å². The van der Waals surface area contributed by atoms with Gasteiger partial charge >= 0.3 is 0 Å². The normalized spacial score (nSPS) is 10.6.